The van der Waals surface area contributed by atoms with Crippen LogP contribution < -0.4 is 10.6 Å². The summed E-state index contributed by atoms with van der Waals surface area (Å²) < 4.78 is 5.85. The highest BCUT2D eigenvalue weighted by Crippen LogP contribution is 2.35. The fourth-order valence-corrected chi connectivity index (χ4v) is 4.36. The number of benzene rings is 2. The highest BCUT2D eigenvalue weighted by atomic mass is 35.5. The van der Waals surface area contributed by atoms with Crippen LogP contribution in [-0.2, 0) is 4.79 Å². The molecule has 0 bridgehead atoms. The van der Waals surface area contributed by atoms with Crippen molar-refractivity contribution >= 4 is 64.2 Å². The van der Waals surface area contributed by atoms with Gasteiger partial charge in [0.25, 0.3) is 5.91 Å². The number of carbonyl (C=O) groups excluding carboxylic acids is 1. The van der Waals surface area contributed by atoms with Crippen molar-refractivity contribution in [1.82, 2.24) is 5.32 Å². The normalized spacial score (nSPS) is 17.6. The summed E-state index contributed by atoms with van der Waals surface area (Å²) >= 11 is 19.7. The molecular weight excluding hydrogens is 451 g/mol. The van der Waals surface area contributed by atoms with Crippen LogP contribution in [0.3, 0.4) is 0 Å². The van der Waals surface area contributed by atoms with Crippen molar-refractivity contribution in [2.45, 2.75) is 12.4 Å². The van der Waals surface area contributed by atoms with E-state index in [-0.39, 0.29) is 11.4 Å². The summed E-state index contributed by atoms with van der Waals surface area (Å²) in [4.78, 5) is 12.9. The fraction of sp³-hybridized carbons (Fsp3) is 0.0952. The molecule has 0 saturated carbocycles. The number of nitrogens with one attached hydrogen (secondary N) is 2. The van der Waals surface area contributed by atoms with Gasteiger partial charge in [0.2, 0.25) is 0 Å². The Hall–Kier alpha value is -2.05. The van der Waals surface area contributed by atoms with Gasteiger partial charge in [-0.05, 0) is 55.0 Å². The smallest absolute Gasteiger partial charge is 0.260 e. The molecule has 2 N–H and O–H groups in total. The lowest BCUT2D eigenvalue weighted by Gasteiger charge is -2.15. The van der Waals surface area contributed by atoms with Crippen LogP contribution in [0.4, 0.5) is 5.69 Å². The molecule has 1 fully saturated rings. The van der Waals surface area contributed by atoms with E-state index in [1.807, 2.05) is 25.1 Å². The van der Waals surface area contributed by atoms with Crippen LogP contribution in [0.15, 0.2) is 57.9 Å². The number of aryl methyl sites for hydroxylation is 1. The van der Waals surface area contributed by atoms with E-state index in [0.29, 0.717) is 37.1 Å². The zero-order valence-corrected chi connectivity index (χ0v) is 18.2. The molecule has 4 rings (SSSR count). The molecule has 1 saturated heterocycles. The molecule has 0 spiro atoms. The number of hydrogen-bond donors (Lipinski definition) is 2. The van der Waals surface area contributed by atoms with Crippen molar-refractivity contribution in [1.29, 1.82) is 0 Å². The molecule has 3 aromatic rings. The number of halogens is 3. The largest absolute Gasteiger partial charge is 0.457 e. The minimum absolute atomic E-state index is 0.175. The van der Waals surface area contributed by atoms with E-state index in [9.17, 15) is 4.79 Å². The van der Waals surface area contributed by atoms with Crippen LogP contribution in [-0.4, -0.2) is 11.4 Å². The second-order valence-corrected chi connectivity index (χ2v) is 8.84. The first-order chi connectivity index (χ1) is 13.9. The number of hydrogen-bond acceptors (Lipinski definition) is 4. The van der Waals surface area contributed by atoms with Crippen LogP contribution in [0.2, 0.25) is 15.1 Å². The minimum atomic E-state index is -0.303. The average molecular weight is 466 g/mol. The first-order valence-corrected chi connectivity index (χ1v) is 10.7. The van der Waals surface area contributed by atoms with Gasteiger partial charge in [-0.2, -0.15) is 0 Å². The molecule has 29 heavy (non-hydrogen) atoms. The van der Waals surface area contributed by atoms with Gasteiger partial charge < -0.3 is 15.1 Å². The van der Waals surface area contributed by atoms with Crippen molar-refractivity contribution in [3.05, 3.63) is 79.8 Å². The zero-order chi connectivity index (χ0) is 20.5. The van der Waals surface area contributed by atoms with Gasteiger partial charge in [-0.25, -0.2) is 0 Å². The van der Waals surface area contributed by atoms with E-state index >= 15 is 0 Å². The number of thioether (sulfide) groups is 1. The molecule has 0 radical (unpaired) electrons. The van der Waals surface area contributed by atoms with Gasteiger partial charge >= 0.3 is 0 Å². The van der Waals surface area contributed by atoms with Crippen LogP contribution in [0.5, 0.6) is 0 Å². The Morgan fingerprint density at radius 2 is 1.83 bits per heavy atom. The lowest BCUT2D eigenvalue weighted by molar-refractivity contribution is -0.116. The maximum atomic E-state index is 12.4. The van der Waals surface area contributed by atoms with Crippen LogP contribution >= 0.6 is 46.6 Å². The van der Waals surface area contributed by atoms with E-state index in [1.165, 1.54) is 11.8 Å². The van der Waals surface area contributed by atoms with E-state index in [2.05, 4.69) is 10.6 Å². The molecule has 4 nitrogen and oxygen atoms in total. The summed E-state index contributed by atoms with van der Waals surface area (Å²) in [5.41, 5.74) is 2.30. The molecular formula is C21H15Cl3N2O2S. The SMILES string of the molecule is Cc1ccc(Cl)cc1NC1NC(=O)/C(=C/c2ccc(-c3cc(Cl)ccc3Cl)o2)S1. The Balaban J connectivity index is 1.52. The lowest BCUT2D eigenvalue weighted by atomic mass is 10.2. The maximum absolute atomic E-state index is 12.4. The van der Waals surface area contributed by atoms with Gasteiger partial charge in [-0.1, -0.05) is 52.6 Å². The van der Waals surface area contributed by atoms with Crippen molar-refractivity contribution in [2.24, 2.45) is 0 Å². The number of rotatable bonds is 4. The van der Waals surface area contributed by atoms with E-state index in [0.717, 1.165) is 11.3 Å². The molecule has 1 aliphatic rings. The molecule has 1 amide bonds. The summed E-state index contributed by atoms with van der Waals surface area (Å²) in [6, 6.07) is 14.3. The average Bonchev–Trinajstić information content (AvgIpc) is 3.27. The molecule has 1 aliphatic heterocycles. The van der Waals surface area contributed by atoms with Gasteiger partial charge in [-0.15, -0.1) is 0 Å². The predicted molar refractivity (Wildman–Crippen MR) is 121 cm³/mol. The standard InChI is InChI=1S/C21H15Cl3N2O2S/c1-11-2-3-13(23)9-17(11)25-21-26-20(27)19(29-21)10-14-5-7-18(28-14)15-8-12(22)4-6-16(15)24/h2-10,21,25H,1H3,(H,26,27)/b19-10-. The van der Waals surface area contributed by atoms with Gasteiger partial charge in [0, 0.05) is 27.4 Å². The molecule has 0 aliphatic carbocycles. The van der Waals surface area contributed by atoms with Gasteiger partial charge in [-0.3, -0.25) is 4.79 Å². The Morgan fingerprint density at radius 1 is 1.07 bits per heavy atom. The minimum Gasteiger partial charge on any atom is -0.457 e. The lowest BCUT2D eigenvalue weighted by Crippen LogP contribution is -2.31. The van der Waals surface area contributed by atoms with Gasteiger partial charge in [0.15, 0.2) is 5.50 Å². The quantitative estimate of drug-likeness (QED) is 0.415. The number of carbonyl (C=O) groups is 1. The van der Waals surface area contributed by atoms with E-state index in [4.69, 9.17) is 39.2 Å². The van der Waals surface area contributed by atoms with E-state index < -0.39 is 0 Å². The van der Waals surface area contributed by atoms with E-state index in [1.54, 1.807) is 36.4 Å². The van der Waals surface area contributed by atoms with Crippen molar-refractivity contribution < 1.29 is 9.21 Å². The number of anilines is 1. The van der Waals surface area contributed by atoms with Crippen molar-refractivity contribution in [3.63, 3.8) is 0 Å². The molecule has 2 aromatic carbocycles. The third-order valence-corrected chi connectivity index (χ3v) is 6.14. The highest BCUT2D eigenvalue weighted by molar-refractivity contribution is 8.05. The Labute approximate surface area is 187 Å². The molecule has 1 atom stereocenters. The Kier molecular flexibility index (Phi) is 5.83. The third kappa shape index (κ3) is 4.59. The van der Waals surface area contributed by atoms with Crippen molar-refractivity contribution in [2.75, 3.05) is 5.32 Å². The Morgan fingerprint density at radius 3 is 2.66 bits per heavy atom. The van der Waals surface area contributed by atoms with Gasteiger partial charge in [0.1, 0.15) is 11.5 Å². The summed E-state index contributed by atoms with van der Waals surface area (Å²) in [5.74, 6) is 0.955. The fourth-order valence-electron chi connectivity index (χ4n) is 2.85. The van der Waals surface area contributed by atoms with Crippen molar-refractivity contribution in [3.8, 4) is 11.3 Å². The Bertz CT molecular complexity index is 1130. The third-order valence-electron chi connectivity index (χ3n) is 4.31. The van der Waals surface area contributed by atoms with Crippen LogP contribution in [0.1, 0.15) is 11.3 Å². The second-order valence-electron chi connectivity index (χ2n) is 6.41. The van der Waals surface area contributed by atoms with Gasteiger partial charge in [0.05, 0.1) is 9.93 Å². The van der Waals surface area contributed by atoms with Crippen LogP contribution in [0.25, 0.3) is 17.4 Å². The summed E-state index contributed by atoms with van der Waals surface area (Å²) in [7, 11) is 0. The number of furan rings is 1. The molecule has 2 heterocycles. The molecule has 1 aromatic heterocycles. The molecule has 148 valence electrons. The monoisotopic (exact) mass is 464 g/mol. The predicted octanol–water partition coefficient (Wildman–Crippen LogP) is 6.81. The zero-order valence-electron chi connectivity index (χ0n) is 15.1. The van der Waals surface area contributed by atoms with Crippen LogP contribution in [0, 0.1) is 6.92 Å². The second kappa shape index (κ2) is 8.36. The molecule has 1 unspecified atom stereocenters. The first kappa shape index (κ1) is 20.2. The number of amides is 1. The first-order valence-electron chi connectivity index (χ1n) is 8.66. The topological polar surface area (TPSA) is 54.3 Å². The summed E-state index contributed by atoms with van der Waals surface area (Å²) in [6.07, 6.45) is 1.70. The molecule has 8 heteroatoms. The summed E-state index contributed by atoms with van der Waals surface area (Å²) in [6.45, 7) is 1.97. The highest BCUT2D eigenvalue weighted by Gasteiger charge is 2.28. The maximum Gasteiger partial charge on any atom is 0.260 e. The summed E-state index contributed by atoms with van der Waals surface area (Å²) in [5, 5.41) is 7.92.